The Hall–Kier alpha value is -2.99. The fraction of sp³-hybridized carbons (Fsp3) is 0.259. The third kappa shape index (κ3) is 5.54. The fourth-order valence-electron chi connectivity index (χ4n) is 4.11. The molecule has 204 valence electrons. The van der Waals surface area contributed by atoms with Crippen molar-refractivity contribution in [2.45, 2.75) is 19.4 Å². The molecule has 0 spiro atoms. The Morgan fingerprint density at radius 3 is 2.03 bits per heavy atom. The molecule has 0 atom stereocenters. The first-order valence-corrected chi connectivity index (χ1v) is 13.9. The molecule has 1 amide bonds. The summed E-state index contributed by atoms with van der Waals surface area (Å²) in [5.74, 6) is -0.596. The lowest BCUT2D eigenvalue weighted by Crippen LogP contribution is -2.57. The predicted molar refractivity (Wildman–Crippen MR) is 157 cm³/mol. The number of carbonyl (C=O) groups is 3. The van der Waals surface area contributed by atoms with Gasteiger partial charge in [0, 0.05) is 16.2 Å². The second-order valence-electron chi connectivity index (χ2n) is 8.75. The molecule has 2 aromatic carbocycles. The number of ether oxygens (including phenoxy) is 4. The van der Waals surface area contributed by atoms with Gasteiger partial charge in [0.15, 0.2) is 6.61 Å². The van der Waals surface area contributed by atoms with Crippen LogP contribution in [0.15, 0.2) is 56.5 Å². The van der Waals surface area contributed by atoms with Gasteiger partial charge < -0.3 is 18.9 Å². The summed E-state index contributed by atoms with van der Waals surface area (Å²) in [5.41, 5.74) is 0.833. The molecule has 0 bridgehead atoms. The van der Waals surface area contributed by atoms with Crippen molar-refractivity contribution in [2.75, 3.05) is 32.8 Å². The number of amides is 1. The minimum atomic E-state index is -0.972. The number of anilines is 1. The highest BCUT2D eigenvalue weighted by molar-refractivity contribution is 8.29. The van der Waals surface area contributed by atoms with Crippen molar-refractivity contribution < 1.29 is 33.3 Å². The Balaban J connectivity index is 1.80. The van der Waals surface area contributed by atoms with E-state index in [1.54, 1.807) is 47.4 Å². The van der Waals surface area contributed by atoms with Crippen molar-refractivity contribution >= 4 is 81.3 Å². The highest BCUT2D eigenvalue weighted by Crippen LogP contribution is 2.56. The van der Waals surface area contributed by atoms with Gasteiger partial charge in [-0.1, -0.05) is 47.3 Å². The smallest absolute Gasteiger partial charge is 0.346 e. The molecule has 0 aromatic heterocycles. The number of hydrogen-bond donors (Lipinski definition) is 0. The normalized spacial score (nSPS) is 16.2. The van der Waals surface area contributed by atoms with Crippen LogP contribution in [0.1, 0.15) is 19.4 Å². The van der Waals surface area contributed by atoms with E-state index in [1.165, 1.54) is 21.3 Å². The van der Waals surface area contributed by atoms with E-state index in [2.05, 4.69) is 0 Å². The van der Waals surface area contributed by atoms with Crippen LogP contribution in [-0.2, 0) is 23.9 Å². The first kappa shape index (κ1) is 29.0. The van der Waals surface area contributed by atoms with Crippen LogP contribution >= 0.6 is 47.3 Å². The summed E-state index contributed by atoms with van der Waals surface area (Å²) in [6.07, 6.45) is 0. The molecule has 2 heterocycles. The minimum absolute atomic E-state index is 0.108. The summed E-state index contributed by atoms with van der Waals surface area (Å²) in [5, 5.41) is 0.558. The minimum Gasteiger partial charge on any atom is -0.497 e. The van der Waals surface area contributed by atoms with Crippen LogP contribution in [0.3, 0.4) is 0 Å². The third-order valence-electron chi connectivity index (χ3n) is 6.02. The average Bonchev–Trinajstić information content (AvgIpc) is 3.37. The molecule has 0 aliphatic carbocycles. The van der Waals surface area contributed by atoms with Crippen LogP contribution in [0.5, 0.6) is 11.5 Å². The number of hydrogen-bond acceptors (Lipinski definition) is 10. The number of halogens is 1. The topological polar surface area (TPSA) is 91.4 Å². The number of thiocarbonyl (C=S) groups is 1. The molecule has 0 saturated carbocycles. The lowest BCUT2D eigenvalue weighted by Gasteiger charge is -2.45. The molecule has 2 aromatic rings. The molecule has 4 rings (SSSR count). The molecule has 2 aliphatic heterocycles. The van der Waals surface area contributed by atoms with Crippen molar-refractivity contribution in [3.05, 3.63) is 67.1 Å². The Morgan fingerprint density at radius 1 is 0.923 bits per heavy atom. The first-order chi connectivity index (χ1) is 18.5. The molecule has 0 N–H and O–H groups in total. The Kier molecular flexibility index (Phi) is 8.65. The zero-order valence-corrected chi connectivity index (χ0v) is 24.9. The van der Waals surface area contributed by atoms with Gasteiger partial charge in [-0.05, 0) is 56.3 Å². The Labute approximate surface area is 244 Å². The van der Waals surface area contributed by atoms with E-state index in [0.29, 0.717) is 42.4 Å². The summed E-state index contributed by atoms with van der Waals surface area (Å²) >= 11 is 14.1. The van der Waals surface area contributed by atoms with Crippen molar-refractivity contribution in [1.29, 1.82) is 0 Å². The van der Waals surface area contributed by atoms with Gasteiger partial charge in [0.05, 0.1) is 41.7 Å². The van der Waals surface area contributed by atoms with Crippen molar-refractivity contribution in [2.24, 2.45) is 0 Å². The van der Waals surface area contributed by atoms with E-state index in [-0.39, 0.29) is 22.3 Å². The van der Waals surface area contributed by atoms with Crippen LogP contribution in [0.2, 0.25) is 5.02 Å². The SMILES string of the molecule is COC(=O)C1=C(C(=O)OC)SC(=C2C(=S)C(C)(C)N(C(=O)COc3ccc(Cl)cc3)c3ccc(OC)cc32)S1. The van der Waals surface area contributed by atoms with Gasteiger partial charge in [-0.3, -0.25) is 9.69 Å². The van der Waals surface area contributed by atoms with Crippen LogP contribution in [0, 0.1) is 0 Å². The number of esters is 2. The van der Waals surface area contributed by atoms with E-state index in [1.807, 2.05) is 13.8 Å². The molecule has 0 saturated heterocycles. The zero-order chi connectivity index (χ0) is 28.5. The largest absolute Gasteiger partial charge is 0.497 e. The number of fused-ring (bicyclic) bond motifs is 1. The Bertz CT molecular complexity index is 1400. The lowest BCUT2D eigenvalue weighted by atomic mass is 9.83. The maximum Gasteiger partial charge on any atom is 0.346 e. The number of benzene rings is 2. The Morgan fingerprint density at radius 2 is 1.49 bits per heavy atom. The van der Waals surface area contributed by atoms with E-state index in [4.69, 9.17) is 42.8 Å². The number of carbonyl (C=O) groups excluding carboxylic acids is 3. The van der Waals surface area contributed by atoms with E-state index < -0.39 is 17.5 Å². The summed E-state index contributed by atoms with van der Waals surface area (Å²) in [4.78, 5) is 40.9. The molecular formula is C27H24ClNO7S3. The number of thioether (sulfide) groups is 2. The molecule has 0 unspecified atom stereocenters. The second-order valence-corrected chi connectivity index (χ2v) is 11.9. The number of rotatable bonds is 6. The van der Waals surface area contributed by atoms with Gasteiger partial charge in [-0.15, -0.1) is 0 Å². The molecule has 0 fully saturated rings. The molecule has 2 aliphatic rings. The van der Waals surface area contributed by atoms with Crippen LogP contribution in [-0.4, -0.2) is 56.2 Å². The summed E-state index contributed by atoms with van der Waals surface area (Å²) in [6.45, 7) is 3.43. The fourth-order valence-corrected chi connectivity index (χ4v) is 7.27. The summed E-state index contributed by atoms with van der Waals surface area (Å²) in [6, 6.07) is 12.0. The monoisotopic (exact) mass is 605 g/mol. The molecular weight excluding hydrogens is 582 g/mol. The highest BCUT2D eigenvalue weighted by atomic mass is 35.5. The highest BCUT2D eigenvalue weighted by Gasteiger charge is 2.46. The lowest BCUT2D eigenvalue weighted by molar-refractivity contribution is -0.138. The van der Waals surface area contributed by atoms with E-state index >= 15 is 0 Å². The van der Waals surface area contributed by atoms with Crippen molar-refractivity contribution in [3.63, 3.8) is 0 Å². The van der Waals surface area contributed by atoms with Gasteiger partial charge in [0.2, 0.25) is 0 Å². The quantitative estimate of drug-likeness (QED) is 0.234. The van der Waals surface area contributed by atoms with E-state index in [9.17, 15) is 14.4 Å². The number of methoxy groups -OCH3 is 3. The summed E-state index contributed by atoms with van der Waals surface area (Å²) in [7, 11) is 4.02. The predicted octanol–water partition coefficient (Wildman–Crippen LogP) is 5.63. The van der Waals surface area contributed by atoms with Crippen molar-refractivity contribution in [3.8, 4) is 11.5 Å². The van der Waals surface area contributed by atoms with Crippen LogP contribution in [0.25, 0.3) is 5.57 Å². The second kappa shape index (κ2) is 11.6. The van der Waals surface area contributed by atoms with Gasteiger partial charge >= 0.3 is 11.9 Å². The maximum atomic E-state index is 13.6. The third-order valence-corrected chi connectivity index (χ3v) is 9.54. The van der Waals surface area contributed by atoms with Crippen LogP contribution in [0.4, 0.5) is 5.69 Å². The standard InChI is InChI=1S/C27H24ClNO7S3/c1-27(2)23(37)20(26-38-21(24(31)34-4)22(39-26)25(32)35-5)17-12-16(33-3)10-11-18(17)29(27)19(30)13-36-15-8-6-14(28)7-9-15/h6-12H,13H2,1-5H3. The molecule has 8 nitrogen and oxygen atoms in total. The first-order valence-electron chi connectivity index (χ1n) is 11.5. The zero-order valence-electron chi connectivity index (χ0n) is 21.7. The van der Waals surface area contributed by atoms with E-state index in [0.717, 1.165) is 23.5 Å². The molecule has 0 radical (unpaired) electrons. The maximum absolute atomic E-state index is 13.6. The average molecular weight is 606 g/mol. The van der Waals surface area contributed by atoms with Gasteiger partial charge in [0.25, 0.3) is 5.91 Å². The molecule has 39 heavy (non-hydrogen) atoms. The number of nitrogens with zero attached hydrogens (tertiary/aromatic N) is 1. The van der Waals surface area contributed by atoms with Crippen molar-refractivity contribution in [1.82, 2.24) is 0 Å². The van der Waals surface area contributed by atoms with Gasteiger partial charge in [-0.2, -0.15) is 0 Å². The van der Waals surface area contributed by atoms with Crippen LogP contribution < -0.4 is 14.4 Å². The van der Waals surface area contributed by atoms with Gasteiger partial charge in [0.1, 0.15) is 21.3 Å². The van der Waals surface area contributed by atoms with Gasteiger partial charge in [-0.25, -0.2) is 9.59 Å². The molecule has 12 heteroatoms. The summed E-state index contributed by atoms with van der Waals surface area (Å²) < 4.78 is 21.6.